The maximum absolute atomic E-state index is 12.4. The lowest BCUT2D eigenvalue weighted by molar-refractivity contribution is -0.119. The lowest BCUT2D eigenvalue weighted by Gasteiger charge is -2.11. The van der Waals surface area contributed by atoms with Crippen molar-refractivity contribution < 1.29 is 19.1 Å². The van der Waals surface area contributed by atoms with E-state index in [0.717, 1.165) is 4.47 Å². The molecule has 0 spiro atoms. The maximum atomic E-state index is 12.4. The second-order valence-corrected chi connectivity index (χ2v) is 8.07. The van der Waals surface area contributed by atoms with Gasteiger partial charge in [-0.1, -0.05) is 28.1 Å². The summed E-state index contributed by atoms with van der Waals surface area (Å²) < 4.78 is 6.02. The summed E-state index contributed by atoms with van der Waals surface area (Å²) in [6.07, 6.45) is 0. The Morgan fingerprint density at radius 3 is 2.39 bits per heavy atom. The smallest absolute Gasteiger partial charge is 0.339 e. The summed E-state index contributed by atoms with van der Waals surface area (Å²) >= 11 is 4.56. The molecule has 0 aromatic heterocycles. The number of anilines is 1. The van der Waals surface area contributed by atoms with Crippen LogP contribution in [0.15, 0.2) is 57.9 Å². The first kappa shape index (κ1) is 22.0. The van der Waals surface area contributed by atoms with Crippen molar-refractivity contribution in [2.75, 3.05) is 17.7 Å². The molecule has 8 heteroatoms. The molecule has 148 valence electrons. The average Bonchev–Trinajstić information content (AvgIpc) is 2.66. The molecule has 0 bridgehead atoms. The number of rotatable bonds is 8. The van der Waals surface area contributed by atoms with Crippen molar-refractivity contribution >= 4 is 51.2 Å². The highest BCUT2D eigenvalue weighted by molar-refractivity contribution is 9.10. The number of halogens is 1. The van der Waals surface area contributed by atoms with Crippen LogP contribution in [0.5, 0.6) is 0 Å². The molecule has 2 aromatic rings. The van der Waals surface area contributed by atoms with Crippen LogP contribution in [0.3, 0.4) is 0 Å². The molecule has 0 saturated heterocycles. The van der Waals surface area contributed by atoms with E-state index in [0.29, 0.717) is 16.1 Å². The molecule has 2 aromatic carbocycles. The van der Waals surface area contributed by atoms with E-state index in [1.54, 1.807) is 48.5 Å². The van der Waals surface area contributed by atoms with Gasteiger partial charge < -0.3 is 15.4 Å². The van der Waals surface area contributed by atoms with Crippen molar-refractivity contribution in [1.82, 2.24) is 5.32 Å². The van der Waals surface area contributed by atoms with Crippen LogP contribution >= 0.6 is 27.7 Å². The fraction of sp³-hybridized carbons (Fsp3) is 0.250. The lowest BCUT2D eigenvalue weighted by atomic mass is 10.2. The van der Waals surface area contributed by atoms with Crippen molar-refractivity contribution in [3.63, 3.8) is 0 Å². The molecule has 0 atom stereocenters. The number of esters is 1. The molecule has 2 N–H and O–H groups in total. The van der Waals surface area contributed by atoms with Gasteiger partial charge >= 0.3 is 5.97 Å². The zero-order valence-electron chi connectivity index (χ0n) is 15.5. The van der Waals surface area contributed by atoms with E-state index in [9.17, 15) is 14.4 Å². The number of amides is 2. The number of nitrogens with one attached hydrogen (secondary N) is 2. The number of benzene rings is 2. The molecule has 0 unspecified atom stereocenters. The predicted octanol–water partition coefficient (Wildman–Crippen LogP) is 3.86. The van der Waals surface area contributed by atoms with Crippen LogP contribution in [0.2, 0.25) is 0 Å². The highest BCUT2D eigenvalue weighted by Crippen LogP contribution is 2.23. The molecule has 0 heterocycles. The number of carbonyl (C=O) groups is 3. The van der Waals surface area contributed by atoms with Crippen molar-refractivity contribution in [2.24, 2.45) is 0 Å². The number of thioether (sulfide) groups is 1. The Balaban J connectivity index is 1.90. The average molecular weight is 465 g/mol. The molecular formula is C20H21BrN2O4S. The number of ether oxygens (including phenoxy) is 1. The zero-order valence-corrected chi connectivity index (χ0v) is 17.9. The third-order valence-electron chi connectivity index (χ3n) is 3.38. The van der Waals surface area contributed by atoms with Gasteiger partial charge in [0.1, 0.15) is 0 Å². The van der Waals surface area contributed by atoms with E-state index in [1.807, 2.05) is 13.8 Å². The highest BCUT2D eigenvalue weighted by atomic mass is 79.9. The minimum atomic E-state index is -0.613. The second-order valence-electron chi connectivity index (χ2n) is 6.14. The third-order valence-corrected chi connectivity index (χ3v) is 4.98. The quantitative estimate of drug-likeness (QED) is 0.457. The normalized spacial score (nSPS) is 10.4. The maximum Gasteiger partial charge on any atom is 0.339 e. The molecule has 28 heavy (non-hydrogen) atoms. The van der Waals surface area contributed by atoms with E-state index in [-0.39, 0.29) is 17.7 Å². The lowest BCUT2D eigenvalue weighted by Crippen LogP contribution is -2.31. The van der Waals surface area contributed by atoms with Crippen molar-refractivity contribution in [1.29, 1.82) is 0 Å². The molecule has 0 aliphatic carbocycles. The summed E-state index contributed by atoms with van der Waals surface area (Å²) in [5, 5.41) is 5.45. The van der Waals surface area contributed by atoms with Gasteiger partial charge in [0.25, 0.3) is 5.91 Å². The summed E-state index contributed by atoms with van der Waals surface area (Å²) in [4.78, 5) is 36.8. The van der Waals surface area contributed by atoms with Crippen molar-refractivity contribution in [2.45, 2.75) is 24.8 Å². The fourth-order valence-corrected chi connectivity index (χ4v) is 3.32. The van der Waals surface area contributed by atoms with Crippen LogP contribution in [-0.4, -0.2) is 36.2 Å². The van der Waals surface area contributed by atoms with E-state index in [2.05, 4.69) is 26.6 Å². The molecular weight excluding hydrogens is 444 g/mol. The van der Waals surface area contributed by atoms with Gasteiger partial charge in [-0.3, -0.25) is 9.59 Å². The Hall–Kier alpha value is -2.32. The number of carbonyl (C=O) groups excluding carboxylic acids is 3. The first-order valence-corrected chi connectivity index (χ1v) is 10.4. The van der Waals surface area contributed by atoms with Crippen molar-refractivity contribution in [3.05, 3.63) is 58.6 Å². The minimum absolute atomic E-state index is 0.0533. The molecule has 0 saturated carbocycles. The summed E-state index contributed by atoms with van der Waals surface area (Å²) in [6, 6.07) is 13.9. The van der Waals surface area contributed by atoms with Gasteiger partial charge in [0.2, 0.25) is 5.91 Å². The predicted molar refractivity (Wildman–Crippen MR) is 113 cm³/mol. The van der Waals surface area contributed by atoms with Gasteiger partial charge in [0.15, 0.2) is 6.61 Å². The van der Waals surface area contributed by atoms with Crippen LogP contribution in [0.4, 0.5) is 5.69 Å². The van der Waals surface area contributed by atoms with Crippen LogP contribution in [-0.2, 0) is 14.3 Å². The first-order valence-electron chi connectivity index (χ1n) is 8.59. The SMILES string of the molecule is CC(C)NC(=O)CSc1ccccc1C(=O)OCC(=O)Nc1ccc(Br)cc1. The van der Waals surface area contributed by atoms with Gasteiger partial charge in [-0.2, -0.15) is 0 Å². The van der Waals surface area contributed by atoms with Gasteiger partial charge in [0, 0.05) is 21.1 Å². The Morgan fingerprint density at radius 1 is 1.04 bits per heavy atom. The summed E-state index contributed by atoms with van der Waals surface area (Å²) in [5.74, 6) is -0.973. The molecule has 2 amide bonds. The van der Waals surface area contributed by atoms with E-state index >= 15 is 0 Å². The molecule has 2 rings (SSSR count). The zero-order chi connectivity index (χ0) is 20.5. The standard InChI is InChI=1S/C20H21BrN2O4S/c1-13(2)22-19(25)12-28-17-6-4-3-5-16(17)20(26)27-11-18(24)23-15-9-7-14(21)8-10-15/h3-10,13H,11-12H2,1-2H3,(H,22,25)(H,23,24). The topological polar surface area (TPSA) is 84.5 Å². The fourth-order valence-electron chi connectivity index (χ4n) is 2.21. The van der Waals surface area contributed by atoms with Crippen LogP contribution in [0, 0.1) is 0 Å². The molecule has 0 fully saturated rings. The number of hydrogen-bond acceptors (Lipinski definition) is 5. The largest absolute Gasteiger partial charge is 0.452 e. The number of hydrogen-bond donors (Lipinski definition) is 2. The van der Waals surface area contributed by atoms with Gasteiger partial charge in [-0.15, -0.1) is 11.8 Å². The summed E-state index contributed by atoms with van der Waals surface area (Å²) in [7, 11) is 0. The van der Waals surface area contributed by atoms with E-state index in [4.69, 9.17) is 4.74 Å². The van der Waals surface area contributed by atoms with Crippen molar-refractivity contribution in [3.8, 4) is 0 Å². The van der Waals surface area contributed by atoms with E-state index in [1.165, 1.54) is 11.8 Å². The van der Waals surface area contributed by atoms with Gasteiger partial charge in [-0.05, 0) is 50.2 Å². The second kappa shape index (κ2) is 10.9. The molecule has 0 aliphatic heterocycles. The van der Waals surface area contributed by atoms with Gasteiger partial charge in [-0.25, -0.2) is 4.79 Å². The Kier molecular flexibility index (Phi) is 8.53. The van der Waals surface area contributed by atoms with Crippen LogP contribution in [0.1, 0.15) is 24.2 Å². The monoisotopic (exact) mass is 464 g/mol. The summed E-state index contributed by atoms with van der Waals surface area (Å²) in [6.45, 7) is 3.36. The minimum Gasteiger partial charge on any atom is -0.452 e. The van der Waals surface area contributed by atoms with E-state index < -0.39 is 18.5 Å². The Labute approximate surface area is 176 Å². The highest BCUT2D eigenvalue weighted by Gasteiger charge is 2.16. The third kappa shape index (κ3) is 7.36. The van der Waals surface area contributed by atoms with Crippen LogP contribution < -0.4 is 10.6 Å². The van der Waals surface area contributed by atoms with Gasteiger partial charge in [0.05, 0.1) is 11.3 Å². The summed E-state index contributed by atoms with van der Waals surface area (Å²) in [5.41, 5.74) is 0.928. The molecule has 6 nitrogen and oxygen atoms in total. The Morgan fingerprint density at radius 2 is 1.71 bits per heavy atom. The molecule has 0 radical (unpaired) electrons. The first-order chi connectivity index (χ1) is 13.3. The molecule has 0 aliphatic rings. The Bertz CT molecular complexity index is 840. The van der Waals surface area contributed by atoms with Crippen LogP contribution in [0.25, 0.3) is 0 Å².